The second-order valence-electron chi connectivity index (χ2n) is 5.34. The molecule has 8 heteroatoms. The highest BCUT2D eigenvalue weighted by Gasteiger charge is 2.31. The van der Waals surface area contributed by atoms with Crippen LogP contribution in [0, 0.1) is 0 Å². The minimum atomic E-state index is -0.342. The summed E-state index contributed by atoms with van der Waals surface area (Å²) in [6.07, 6.45) is 4.42. The lowest BCUT2D eigenvalue weighted by molar-refractivity contribution is -0.126. The number of carbonyl (C=O) groups excluding carboxylic acids is 2. The molecule has 3 rings (SSSR count). The van der Waals surface area contributed by atoms with E-state index in [9.17, 15) is 9.59 Å². The van der Waals surface area contributed by atoms with Crippen LogP contribution in [0.2, 0.25) is 0 Å². The first-order valence-electron chi connectivity index (χ1n) is 7.35. The quantitative estimate of drug-likeness (QED) is 0.844. The summed E-state index contributed by atoms with van der Waals surface area (Å²) in [7, 11) is 0. The number of thioether (sulfide) groups is 1. The van der Waals surface area contributed by atoms with E-state index < -0.39 is 0 Å². The lowest BCUT2D eigenvalue weighted by atomic mass is 10.2. The van der Waals surface area contributed by atoms with E-state index in [0.29, 0.717) is 13.1 Å². The van der Waals surface area contributed by atoms with Crippen molar-refractivity contribution >= 4 is 23.7 Å². The van der Waals surface area contributed by atoms with E-state index in [2.05, 4.69) is 20.1 Å². The van der Waals surface area contributed by atoms with E-state index in [-0.39, 0.29) is 17.2 Å². The van der Waals surface area contributed by atoms with Gasteiger partial charge in [0.25, 0.3) is 0 Å². The molecule has 2 aliphatic heterocycles. The molecule has 0 aromatic carbocycles. The monoisotopic (exact) mass is 309 g/mol. The third-order valence-electron chi connectivity index (χ3n) is 3.83. The maximum atomic E-state index is 12.3. The van der Waals surface area contributed by atoms with E-state index in [0.717, 1.165) is 36.8 Å². The van der Waals surface area contributed by atoms with Crippen LogP contribution in [0.25, 0.3) is 0 Å². The third-order valence-corrected chi connectivity index (χ3v) is 4.90. The lowest BCUT2D eigenvalue weighted by Gasteiger charge is -2.17. The number of fused-ring (bicyclic) bond motifs is 1. The predicted molar refractivity (Wildman–Crippen MR) is 78.0 cm³/mol. The minimum Gasteiger partial charge on any atom is -0.336 e. The van der Waals surface area contributed by atoms with Gasteiger partial charge in [0.05, 0.1) is 5.25 Å². The molecule has 1 fully saturated rings. The van der Waals surface area contributed by atoms with Gasteiger partial charge in [0, 0.05) is 26.1 Å². The smallest absolute Gasteiger partial charge is 0.324 e. The van der Waals surface area contributed by atoms with E-state index in [1.807, 2.05) is 6.92 Å². The molecule has 1 aromatic heterocycles. The van der Waals surface area contributed by atoms with Gasteiger partial charge in [0.2, 0.25) is 5.91 Å². The molecular formula is C13H19N5O2S. The summed E-state index contributed by atoms with van der Waals surface area (Å²) in [4.78, 5) is 25.1. The van der Waals surface area contributed by atoms with E-state index in [1.165, 1.54) is 23.1 Å². The van der Waals surface area contributed by atoms with Gasteiger partial charge in [-0.05, 0) is 19.8 Å². The molecule has 1 saturated heterocycles. The molecule has 3 amide bonds. The van der Waals surface area contributed by atoms with Crippen LogP contribution >= 0.6 is 11.8 Å². The van der Waals surface area contributed by atoms with Crippen LogP contribution in [0.1, 0.15) is 32.0 Å². The molecule has 1 N–H and O–H groups in total. The van der Waals surface area contributed by atoms with Crippen LogP contribution in [-0.4, -0.2) is 49.9 Å². The Hall–Kier alpha value is -1.57. The highest BCUT2D eigenvalue weighted by atomic mass is 32.2. The number of hydrogen-bond acceptors (Lipinski definition) is 5. The van der Waals surface area contributed by atoms with Crippen LogP contribution in [0.3, 0.4) is 0 Å². The van der Waals surface area contributed by atoms with Gasteiger partial charge in [0.15, 0.2) is 5.16 Å². The predicted octanol–water partition coefficient (Wildman–Crippen LogP) is 1.04. The van der Waals surface area contributed by atoms with Gasteiger partial charge >= 0.3 is 6.03 Å². The highest BCUT2D eigenvalue weighted by Crippen LogP contribution is 2.26. The van der Waals surface area contributed by atoms with Gasteiger partial charge in [-0.15, -0.1) is 10.2 Å². The Kier molecular flexibility index (Phi) is 4.14. The minimum absolute atomic E-state index is 0.166. The maximum absolute atomic E-state index is 12.3. The standard InChI is InChI=1S/C13H19N5O2S/c1-9(11(19)18-8-6-14-12(18)20)21-13-16-15-10-5-3-2-4-7-17(10)13/h9H,2-8H2,1H3,(H,14,20)/t9-/m1/s1. The Morgan fingerprint density at radius 2 is 2.14 bits per heavy atom. The average molecular weight is 309 g/mol. The van der Waals surface area contributed by atoms with Gasteiger partial charge < -0.3 is 9.88 Å². The van der Waals surface area contributed by atoms with Crippen molar-refractivity contribution in [3.8, 4) is 0 Å². The zero-order valence-electron chi connectivity index (χ0n) is 12.0. The molecule has 21 heavy (non-hydrogen) atoms. The zero-order valence-corrected chi connectivity index (χ0v) is 12.9. The SMILES string of the molecule is C[C@@H](Sc1nnc2n1CCCCC2)C(=O)N1CCNC1=O. The third kappa shape index (κ3) is 2.90. The van der Waals surface area contributed by atoms with Crippen molar-refractivity contribution in [2.75, 3.05) is 13.1 Å². The van der Waals surface area contributed by atoms with Gasteiger partial charge in [-0.3, -0.25) is 9.69 Å². The summed E-state index contributed by atoms with van der Waals surface area (Å²) in [5.41, 5.74) is 0. The molecule has 0 spiro atoms. The first-order valence-corrected chi connectivity index (χ1v) is 8.22. The van der Waals surface area contributed by atoms with Crippen molar-refractivity contribution in [2.45, 2.75) is 49.6 Å². The van der Waals surface area contributed by atoms with Crippen molar-refractivity contribution in [1.82, 2.24) is 25.0 Å². The molecule has 1 aromatic rings. The molecule has 0 aliphatic carbocycles. The summed E-state index contributed by atoms with van der Waals surface area (Å²) in [5.74, 6) is 0.842. The Morgan fingerprint density at radius 3 is 2.90 bits per heavy atom. The second-order valence-corrected chi connectivity index (χ2v) is 6.65. The first-order chi connectivity index (χ1) is 10.2. The fraction of sp³-hybridized carbons (Fsp3) is 0.692. The molecule has 114 valence electrons. The number of urea groups is 1. The fourth-order valence-electron chi connectivity index (χ4n) is 2.66. The molecule has 0 radical (unpaired) electrons. The van der Waals surface area contributed by atoms with Gasteiger partial charge in [-0.1, -0.05) is 18.2 Å². The number of carbonyl (C=O) groups is 2. The number of imide groups is 1. The molecule has 0 unspecified atom stereocenters. The first kappa shape index (κ1) is 14.4. The van der Waals surface area contributed by atoms with Crippen molar-refractivity contribution in [2.24, 2.45) is 0 Å². The van der Waals surface area contributed by atoms with Crippen LogP contribution in [0.5, 0.6) is 0 Å². The maximum Gasteiger partial charge on any atom is 0.324 e. The largest absolute Gasteiger partial charge is 0.336 e. The van der Waals surface area contributed by atoms with Crippen LogP contribution in [0.4, 0.5) is 4.79 Å². The van der Waals surface area contributed by atoms with Crippen molar-refractivity contribution < 1.29 is 9.59 Å². The number of aromatic nitrogens is 3. The summed E-state index contributed by atoms with van der Waals surface area (Å²) in [5, 5.41) is 11.5. The number of nitrogens with zero attached hydrogens (tertiary/aromatic N) is 4. The van der Waals surface area contributed by atoms with Crippen molar-refractivity contribution in [3.05, 3.63) is 5.82 Å². The second kappa shape index (κ2) is 6.05. The molecule has 0 saturated carbocycles. The van der Waals surface area contributed by atoms with Gasteiger partial charge in [0.1, 0.15) is 5.82 Å². The number of nitrogens with one attached hydrogen (secondary N) is 1. The average Bonchev–Trinajstić information content (AvgIpc) is 2.97. The number of aryl methyl sites for hydroxylation is 1. The molecule has 2 aliphatic rings. The number of rotatable bonds is 3. The molecule has 3 heterocycles. The van der Waals surface area contributed by atoms with Crippen LogP contribution in [0.15, 0.2) is 5.16 Å². The van der Waals surface area contributed by atoms with Gasteiger partial charge in [-0.2, -0.15) is 0 Å². The van der Waals surface area contributed by atoms with Gasteiger partial charge in [-0.25, -0.2) is 4.79 Å². The summed E-state index contributed by atoms with van der Waals surface area (Å²) >= 11 is 1.39. The van der Waals surface area contributed by atoms with Crippen LogP contribution < -0.4 is 5.32 Å². The molecule has 1 atom stereocenters. The Morgan fingerprint density at radius 1 is 1.29 bits per heavy atom. The summed E-state index contributed by atoms with van der Waals surface area (Å²) in [6.45, 7) is 3.70. The topological polar surface area (TPSA) is 80.1 Å². The van der Waals surface area contributed by atoms with E-state index >= 15 is 0 Å². The number of amides is 3. The summed E-state index contributed by atoms with van der Waals surface area (Å²) < 4.78 is 2.12. The van der Waals surface area contributed by atoms with Crippen LogP contribution in [-0.2, 0) is 17.8 Å². The Labute approximate surface area is 127 Å². The number of hydrogen-bond donors (Lipinski definition) is 1. The molecule has 7 nitrogen and oxygen atoms in total. The zero-order chi connectivity index (χ0) is 14.8. The summed E-state index contributed by atoms with van der Waals surface area (Å²) in [6, 6.07) is -0.299. The van der Waals surface area contributed by atoms with E-state index in [1.54, 1.807) is 0 Å². The van der Waals surface area contributed by atoms with E-state index in [4.69, 9.17) is 0 Å². The van der Waals surface area contributed by atoms with Crippen molar-refractivity contribution in [3.63, 3.8) is 0 Å². The van der Waals surface area contributed by atoms with Crippen molar-refractivity contribution in [1.29, 1.82) is 0 Å². The molecule has 0 bridgehead atoms. The highest BCUT2D eigenvalue weighted by molar-refractivity contribution is 8.00. The Bertz CT molecular complexity index is 559. The Balaban J connectivity index is 1.70. The normalized spacial score (nSPS) is 19.9. The molecular weight excluding hydrogens is 290 g/mol. The fourth-order valence-corrected chi connectivity index (χ4v) is 3.61. The lowest BCUT2D eigenvalue weighted by Crippen LogP contribution is -2.39.